The summed E-state index contributed by atoms with van der Waals surface area (Å²) in [6.07, 6.45) is 8.85. The average molecular weight is 502 g/mol. The molecule has 3 aromatic heterocycles. The summed E-state index contributed by atoms with van der Waals surface area (Å²) in [7, 11) is 0. The van der Waals surface area contributed by atoms with Gasteiger partial charge in [-0.3, -0.25) is 9.48 Å². The van der Waals surface area contributed by atoms with Gasteiger partial charge in [-0.05, 0) is 38.0 Å². The van der Waals surface area contributed by atoms with Gasteiger partial charge in [-0.25, -0.2) is 9.97 Å². The highest BCUT2D eigenvalue weighted by Gasteiger charge is 2.26. The summed E-state index contributed by atoms with van der Waals surface area (Å²) in [6, 6.07) is 4.31. The van der Waals surface area contributed by atoms with Crippen LogP contribution in [0.1, 0.15) is 30.1 Å². The van der Waals surface area contributed by atoms with E-state index in [4.69, 9.17) is 14.5 Å². The Morgan fingerprint density at radius 3 is 2.81 bits per heavy atom. The zero-order chi connectivity index (χ0) is 25.4. The number of piperidine rings is 1. The average Bonchev–Trinajstić information content (AvgIpc) is 3.35. The predicted molar refractivity (Wildman–Crippen MR) is 140 cm³/mol. The van der Waals surface area contributed by atoms with E-state index in [9.17, 15) is 4.79 Å². The van der Waals surface area contributed by atoms with Crippen LogP contribution in [0.25, 0.3) is 11.3 Å². The number of nitrogens with zero attached hydrogens (tertiary/aromatic N) is 6. The quantitative estimate of drug-likeness (QED) is 0.543. The number of rotatable bonds is 4. The summed E-state index contributed by atoms with van der Waals surface area (Å²) in [5.41, 5.74) is 5.58. The number of nitrogens with one attached hydrogen (secondary N) is 1. The van der Waals surface area contributed by atoms with Crippen LogP contribution < -0.4 is 15.0 Å². The first kappa shape index (κ1) is 23.5. The van der Waals surface area contributed by atoms with E-state index >= 15 is 0 Å². The van der Waals surface area contributed by atoms with Crippen LogP contribution in [0.5, 0.6) is 5.75 Å². The third kappa shape index (κ3) is 4.53. The molecule has 0 aliphatic carbocycles. The summed E-state index contributed by atoms with van der Waals surface area (Å²) < 4.78 is 13.8. The highest BCUT2D eigenvalue weighted by Crippen LogP contribution is 2.40. The van der Waals surface area contributed by atoms with Crippen molar-refractivity contribution in [1.29, 1.82) is 0 Å². The Morgan fingerprint density at radius 1 is 1.22 bits per heavy atom. The van der Waals surface area contributed by atoms with E-state index in [1.807, 2.05) is 47.2 Å². The fraction of sp³-hybridized carbons (Fsp3) is 0.407. The van der Waals surface area contributed by atoms with E-state index in [-0.39, 0.29) is 11.9 Å². The van der Waals surface area contributed by atoms with Gasteiger partial charge in [-0.2, -0.15) is 5.10 Å². The minimum atomic E-state index is -0.00731. The molecule has 2 saturated heterocycles. The van der Waals surface area contributed by atoms with Gasteiger partial charge in [0.25, 0.3) is 0 Å². The summed E-state index contributed by atoms with van der Waals surface area (Å²) >= 11 is 0. The molecule has 3 aliphatic heterocycles. The molecule has 0 spiro atoms. The van der Waals surface area contributed by atoms with Crippen LogP contribution >= 0.6 is 0 Å². The molecule has 0 radical (unpaired) electrons. The van der Waals surface area contributed by atoms with Crippen molar-refractivity contribution in [2.24, 2.45) is 0 Å². The number of hydrogen-bond acceptors (Lipinski definition) is 8. The fourth-order valence-corrected chi connectivity index (χ4v) is 5.34. The van der Waals surface area contributed by atoms with Gasteiger partial charge in [0.2, 0.25) is 5.91 Å². The van der Waals surface area contributed by atoms with Crippen molar-refractivity contribution in [2.75, 3.05) is 49.6 Å². The van der Waals surface area contributed by atoms with Crippen molar-refractivity contribution in [1.82, 2.24) is 24.6 Å². The van der Waals surface area contributed by atoms with Gasteiger partial charge in [-0.15, -0.1) is 0 Å². The fourth-order valence-electron chi connectivity index (χ4n) is 5.34. The smallest absolute Gasteiger partial charge is 0.245 e. The molecule has 6 heterocycles. The largest absolute Gasteiger partial charge is 0.485 e. The van der Waals surface area contributed by atoms with Crippen LogP contribution in [0.3, 0.4) is 0 Å². The number of ether oxygens (including phenoxy) is 2. The van der Waals surface area contributed by atoms with Crippen molar-refractivity contribution in [3.63, 3.8) is 0 Å². The van der Waals surface area contributed by atoms with Gasteiger partial charge in [-0.1, -0.05) is 6.58 Å². The summed E-state index contributed by atoms with van der Waals surface area (Å²) in [4.78, 5) is 25.6. The van der Waals surface area contributed by atoms with E-state index in [0.717, 1.165) is 84.6 Å². The number of anilines is 3. The second kappa shape index (κ2) is 9.85. The number of morpholine rings is 1. The molecular formula is C27H31N7O3. The highest BCUT2D eigenvalue weighted by atomic mass is 16.5. The monoisotopic (exact) mass is 501 g/mol. The van der Waals surface area contributed by atoms with E-state index in [1.54, 1.807) is 0 Å². The molecule has 6 rings (SSSR count). The first-order valence-electron chi connectivity index (χ1n) is 12.8. The van der Waals surface area contributed by atoms with Crippen molar-refractivity contribution in [3.05, 3.63) is 54.6 Å². The summed E-state index contributed by atoms with van der Waals surface area (Å²) in [5, 5.41) is 8.16. The van der Waals surface area contributed by atoms with Gasteiger partial charge in [0.1, 0.15) is 12.4 Å². The van der Waals surface area contributed by atoms with Crippen LogP contribution in [-0.4, -0.2) is 69.9 Å². The highest BCUT2D eigenvalue weighted by molar-refractivity contribution is 5.87. The van der Waals surface area contributed by atoms with Gasteiger partial charge in [0, 0.05) is 49.8 Å². The van der Waals surface area contributed by atoms with Gasteiger partial charge >= 0.3 is 0 Å². The van der Waals surface area contributed by atoms with E-state index in [1.165, 1.54) is 6.08 Å². The van der Waals surface area contributed by atoms with Crippen LogP contribution in [0, 0.1) is 6.92 Å². The molecule has 0 unspecified atom stereocenters. The lowest BCUT2D eigenvalue weighted by molar-refractivity contribution is -0.127. The number of pyridine rings is 2. The molecule has 10 nitrogen and oxygen atoms in total. The first-order valence-corrected chi connectivity index (χ1v) is 12.8. The second-order valence-electron chi connectivity index (χ2n) is 9.61. The number of fused-ring (bicyclic) bond motifs is 2. The molecule has 0 aromatic carbocycles. The summed E-state index contributed by atoms with van der Waals surface area (Å²) in [5.74, 6) is 1.53. The van der Waals surface area contributed by atoms with E-state index in [2.05, 4.69) is 26.9 Å². The molecule has 37 heavy (non-hydrogen) atoms. The van der Waals surface area contributed by atoms with Crippen molar-refractivity contribution in [2.45, 2.75) is 32.4 Å². The third-order valence-electron chi connectivity index (χ3n) is 7.36. The number of aromatic nitrogens is 4. The van der Waals surface area contributed by atoms with Crippen molar-refractivity contribution >= 4 is 23.1 Å². The standard InChI is InChI=1S/C27H31N7O3/c1-3-25(35)33-8-5-20(6-9-33)34-16-19(15-29-34)22-14-23-26(18(2)30-22)37-17-21-24(4-7-28-27(21)31-23)32-10-12-36-13-11-32/h3-4,7,14-16,20H,1,5-6,8-13,17H2,2H3,(H,28,31). The molecule has 3 aromatic rings. The molecule has 1 N–H and O–H groups in total. The maximum Gasteiger partial charge on any atom is 0.245 e. The minimum absolute atomic E-state index is 0.00731. The van der Waals surface area contributed by atoms with Gasteiger partial charge in [0.15, 0.2) is 5.75 Å². The Bertz CT molecular complexity index is 1320. The topological polar surface area (TPSA) is 97.6 Å². The number of carbonyl (C=O) groups excluding carboxylic acids is 1. The Hall–Kier alpha value is -3.92. The number of amides is 1. The Labute approximate surface area is 215 Å². The zero-order valence-corrected chi connectivity index (χ0v) is 21.0. The van der Waals surface area contributed by atoms with Crippen LogP contribution in [0.15, 0.2) is 43.4 Å². The predicted octanol–water partition coefficient (Wildman–Crippen LogP) is 3.47. The minimum Gasteiger partial charge on any atom is -0.485 e. The normalized spacial score (nSPS) is 17.8. The lowest BCUT2D eigenvalue weighted by atomic mass is 10.1. The Balaban J connectivity index is 1.24. The number of hydrogen-bond donors (Lipinski definition) is 1. The lowest BCUT2D eigenvalue weighted by Gasteiger charge is -2.31. The molecule has 0 bridgehead atoms. The van der Waals surface area contributed by atoms with Crippen LogP contribution in [0.2, 0.25) is 0 Å². The maximum absolute atomic E-state index is 11.9. The molecule has 0 saturated carbocycles. The molecule has 3 aliphatic rings. The van der Waals surface area contributed by atoms with Crippen LogP contribution in [-0.2, 0) is 16.1 Å². The van der Waals surface area contributed by atoms with E-state index < -0.39 is 0 Å². The SMILES string of the molecule is C=CC(=O)N1CCC(n2cc(-c3cc4c(c(C)n3)OCc3c(N5CCOCC5)ccnc3N4)cn2)CC1. The molecular weight excluding hydrogens is 470 g/mol. The molecule has 1 amide bonds. The second-order valence-corrected chi connectivity index (χ2v) is 9.61. The van der Waals surface area contributed by atoms with Crippen LogP contribution in [0.4, 0.5) is 17.2 Å². The van der Waals surface area contributed by atoms with Crippen molar-refractivity contribution in [3.8, 4) is 17.0 Å². The number of likely N-dealkylation sites (tertiary alicyclic amines) is 1. The molecule has 0 atom stereocenters. The molecule has 192 valence electrons. The van der Waals surface area contributed by atoms with E-state index in [0.29, 0.717) is 19.7 Å². The zero-order valence-electron chi connectivity index (χ0n) is 21.0. The number of aryl methyl sites for hydroxylation is 1. The third-order valence-corrected chi connectivity index (χ3v) is 7.36. The molecule has 2 fully saturated rings. The Kier molecular flexibility index (Phi) is 6.25. The van der Waals surface area contributed by atoms with Gasteiger partial charge < -0.3 is 24.6 Å². The Morgan fingerprint density at radius 2 is 2.03 bits per heavy atom. The van der Waals surface area contributed by atoms with Crippen molar-refractivity contribution < 1.29 is 14.3 Å². The maximum atomic E-state index is 11.9. The van der Waals surface area contributed by atoms with Gasteiger partial charge in [0.05, 0.1) is 48.1 Å². The lowest BCUT2D eigenvalue weighted by Crippen LogP contribution is -2.38. The molecule has 10 heteroatoms. The summed E-state index contributed by atoms with van der Waals surface area (Å²) in [6.45, 7) is 10.5. The first-order chi connectivity index (χ1) is 18.1. The number of carbonyl (C=O) groups is 1.